The number of hydrogen-bond acceptors (Lipinski definition) is 3. The third-order valence-corrected chi connectivity index (χ3v) is 5.42. The second-order valence-electron chi connectivity index (χ2n) is 5.48. The average molecular weight is 348 g/mol. The highest BCUT2D eigenvalue weighted by molar-refractivity contribution is 9.10. The molecule has 1 aromatic heterocycles. The molecule has 1 atom stereocenters. The predicted molar refractivity (Wildman–Crippen MR) is 76.5 cm³/mol. The predicted octanol–water partition coefficient (Wildman–Crippen LogP) is 3.15. The van der Waals surface area contributed by atoms with Crippen molar-refractivity contribution in [3.05, 3.63) is 26.3 Å². The van der Waals surface area contributed by atoms with Crippen molar-refractivity contribution in [2.45, 2.75) is 56.8 Å². The summed E-state index contributed by atoms with van der Waals surface area (Å²) in [7, 11) is 0. The van der Waals surface area contributed by atoms with E-state index in [9.17, 15) is 4.79 Å². The van der Waals surface area contributed by atoms with Gasteiger partial charge in [-0.15, -0.1) is 0 Å². The van der Waals surface area contributed by atoms with Crippen LogP contribution in [0, 0.1) is 0 Å². The minimum atomic E-state index is -0.143. The van der Waals surface area contributed by atoms with Gasteiger partial charge in [0, 0.05) is 0 Å². The zero-order chi connectivity index (χ0) is 13.5. The zero-order valence-electron chi connectivity index (χ0n) is 10.6. The molecule has 6 heteroatoms. The van der Waals surface area contributed by atoms with Gasteiger partial charge in [-0.1, -0.05) is 24.4 Å². The number of aromatic nitrogens is 2. The average Bonchev–Trinajstić information content (AvgIpc) is 3.01. The van der Waals surface area contributed by atoms with E-state index in [0.717, 1.165) is 12.8 Å². The van der Waals surface area contributed by atoms with Crippen LogP contribution in [0.1, 0.15) is 38.5 Å². The number of hydrogen-bond donors (Lipinski definition) is 0. The van der Waals surface area contributed by atoms with Crippen LogP contribution in [-0.4, -0.2) is 21.3 Å². The summed E-state index contributed by atoms with van der Waals surface area (Å²) in [4.78, 5) is 16.0. The van der Waals surface area contributed by atoms with Crippen molar-refractivity contribution >= 4 is 27.5 Å². The fourth-order valence-corrected chi connectivity index (χ4v) is 3.66. The highest BCUT2D eigenvalue weighted by atomic mass is 79.9. The van der Waals surface area contributed by atoms with E-state index in [2.05, 4.69) is 20.9 Å². The second kappa shape index (κ2) is 5.19. The Bertz CT molecular complexity index is 540. The molecular formula is C13H16BrClN2O2. The van der Waals surface area contributed by atoms with Gasteiger partial charge in [0.2, 0.25) is 0 Å². The fourth-order valence-electron chi connectivity index (χ4n) is 3.20. The molecule has 19 heavy (non-hydrogen) atoms. The molecule has 2 aliphatic rings. The minimum absolute atomic E-state index is 0.103. The zero-order valence-corrected chi connectivity index (χ0v) is 12.9. The van der Waals surface area contributed by atoms with Crippen LogP contribution in [0.2, 0.25) is 5.15 Å². The van der Waals surface area contributed by atoms with Gasteiger partial charge < -0.3 is 4.74 Å². The smallest absolute Gasteiger partial charge is 0.269 e. The molecule has 4 nitrogen and oxygen atoms in total. The SMILES string of the molecule is O=c1c(Br)c(Cl)ncn1CC1CCC2(CCCC2)O1. The Balaban J connectivity index is 1.73. The summed E-state index contributed by atoms with van der Waals surface area (Å²) < 4.78 is 8.11. The molecule has 3 rings (SSSR count). The third kappa shape index (κ3) is 2.60. The summed E-state index contributed by atoms with van der Waals surface area (Å²) in [6.07, 6.45) is 8.62. The molecule has 1 saturated carbocycles. The van der Waals surface area contributed by atoms with Gasteiger partial charge in [0.25, 0.3) is 5.56 Å². The minimum Gasteiger partial charge on any atom is -0.370 e. The van der Waals surface area contributed by atoms with E-state index < -0.39 is 0 Å². The topological polar surface area (TPSA) is 44.1 Å². The van der Waals surface area contributed by atoms with Crippen LogP contribution in [0.5, 0.6) is 0 Å². The molecule has 1 aliphatic heterocycles. The second-order valence-corrected chi connectivity index (χ2v) is 6.63. The van der Waals surface area contributed by atoms with Crippen molar-refractivity contribution in [3.8, 4) is 0 Å². The van der Waals surface area contributed by atoms with Crippen LogP contribution in [0.15, 0.2) is 15.6 Å². The van der Waals surface area contributed by atoms with Crippen molar-refractivity contribution < 1.29 is 4.74 Å². The van der Waals surface area contributed by atoms with Gasteiger partial charge >= 0.3 is 0 Å². The van der Waals surface area contributed by atoms with Gasteiger partial charge in [-0.25, -0.2) is 4.98 Å². The van der Waals surface area contributed by atoms with Gasteiger partial charge in [-0.3, -0.25) is 9.36 Å². The Kier molecular flexibility index (Phi) is 3.71. The van der Waals surface area contributed by atoms with Gasteiger partial charge in [-0.05, 0) is 41.6 Å². The molecule has 0 aromatic carbocycles. The van der Waals surface area contributed by atoms with Gasteiger partial charge in [0.05, 0.1) is 24.6 Å². The number of ether oxygens (including phenoxy) is 1. The fraction of sp³-hybridized carbons (Fsp3) is 0.692. The molecule has 1 aromatic rings. The highest BCUT2D eigenvalue weighted by Crippen LogP contribution is 2.43. The maximum absolute atomic E-state index is 12.0. The Morgan fingerprint density at radius 2 is 2.21 bits per heavy atom. The first-order valence-corrected chi connectivity index (χ1v) is 7.85. The molecule has 0 radical (unpaired) electrons. The molecule has 2 fully saturated rings. The summed E-state index contributed by atoms with van der Waals surface area (Å²) in [5, 5.41) is 0.209. The largest absolute Gasteiger partial charge is 0.370 e. The van der Waals surface area contributed by atoms with Crippen molar-refractivity contribution in [1.82, 2.24) is 9.55 Å². The molecule has 1 spiro atoms. The standard InChI is InChI=1S/C13H16BrClN2O2/c14-10-11(15)16-8-17(12(10)18)7-9-3-6-13(19-9)4-1-2-5-13/h8-9H,1-7H2. The van der Waals surface area contributed by atoms with Crippen LogP contribution in [0.4, 0.5) is 0 Å². The van der Waals surface area contributed by atoms with E-state index in [1.807, 2.05) is 0 Å². The van der Waals surface area contributed by atoms with E-state index in [-0.39, 0.29) is 22.4 Å². The first kappa shape index (κ1) is 13.6. The molecule has 0 amide bonds. The molecule has 2 heterocycles. The first-order valence-electron chi connectivity index (χ1n) is 6.68. The molecule has 104 valence electrons. The van der Waals surface area contributed by atoms with Crippen LogP contribution in [-0.2, 0) is 11.3 Å². The summed E-state index contributed by atoms with van der Waals surface area (Å²) in [6, 6.07) is 0. The normalized spacial score (nSPS) is 25.3. The van der Waals surface area contributed by atoms with Crippen LogP contribution in [0.3, 0.4) is 0 Å². The summed E-state index contributed by atoms with van der Waals surface area (Å²) in [6.45, 7) is 0.559. The molecule has 1 unspecified atom stereocenters. The van der Waals surface area contributed by atoms with E-state index in [4.69, 9.17) is 16.3 Å². The third-order valence-electron chi connectivity index (χ3n) is 4.19. The lowest BCUT2D eigenvalue weighted by Crippen LogP contribution is -2.30. The maximum atomic E-state index is 12.0. The summed E-state index contributed by atoms with van der Waals surface area (Å²) in [5.41, 5.74) is -0.0401. The number of rotatable bonds is 2. The molecule has 0 bridgehead atoms. The Labute approximate surface area is 125 Å². The lowest BCUT2D eigenvalue weighted by molar-refractivity contribution is -0.0422. The van der Waals surface area contributed by atoms with Crippen LogP contribution in [0.25, 0.3) is 0 Å². The lowest BCUT2D eigenvalue weighted by Gasteiger charge is -2.24. The van der Waals surface area contributed by atoms with E-state index in [1.54, 1.807) is 4.57 Å². The van der Waals surface area contributed by atoms with Crippen LogP contribution < -0.4 is 5.56 Å². The van der Waals surface area contributed by atoms with Crippen LogP contribution >= 0.6 is 27.5 Å². The Hall–Kier alpha value is -0.390. The monoisotopic (exact) mass is 346 g/mol. The summed E-state index contributed by atoms with van der Waals surface area (Å²) in [5.74, 6) is 0. The van der Waals surface area contributed by atoms with Crippen molar-refractivity contribution in [3.63, 3.8) is 0 Å². The van der Waals surface area contributed by atoms with E-state index in [1.165, 1.54) is 32.0 Å². The highest BCUT2D eigenvalue weighted by Gasteiger charge is 2.42. The molecule has 0 N–H and O–H groups in total. The Morgan fingerprint density at radius 3 is 2.95 bits per heavy atom. The molecule has 1 aliphatic carbocycles. The number of halogens is 2. The molecule has 1 saturated heterocycles. The quantitative estimate of drug-likeness (QED) is 0.772. The number of nitrogens with zero attached hydrogens (tertiary/aromatic N) is 2. The van der Waals surface area contributed by atoms with Crippen molar-refractivity contribution in [2.75, 3.05) is 0 Å². The first-order chi connectivity index (χ1) is 9.10. The summed E-state index contributed by atoms with van der Waals surface area (Å²) >= 11 is 8.97. The maximum Gasteiger partial charge on any atom is 0.269 e. The molecular weight excluding hydrogens is 332 g/mol. The Morgan fingerprint density at radius 1 is 1.47 bits per heavy atom. The van der Waals surface area contributed by atoms with E-state index in [0.29, 0.717) is 11.0 Å². The van der Waals surface area contributed by atoms with Crippen molar-refractivity contribution in [2.24, 2.45) is 0 Å². The van der Waals surface area contributed by atoms with Gasteiger partial charge in [0.15, 0.2) is 5.15 Å². The van der Waals surface area contributed by atoms with Crippen molar-refractivity contribution in [1.29, 1.82) is 0 Å². The van der Waals surface area contributed by atoms with Gasteiger partial charge in [-0.2, -0.15) is 0 Å². The van der Waals surface area contributed by atoms with E-state index >= 15 is 0 Å². The lowest BCUT2D eigenvalue weighted by atomic mass is 9.98. The van der Waals surface area contributed by atoms with Gasteiger partial charge in [0.1, 0.15) is 4.47 Å².